The third-order valence-electron chi connectivity index (χ3n) is 22.3. The highest BCUT2D eigenvalue weighted by Crippen LogP contribution is 2.63. The lowest BCUT2D eigenvalue weighted by atomic mass is 9.49. The molecule has 2 aromatic carbocycles. The van der Waals surface area contributed by atoms with Crippen molar-refractivity contribution in [2.45, 2.75) is 234 Å². The third kappa shape index (κ3) is 17.4. The van der Waals surface area contributed by atoms with Crippen molar-refractivity contribution in [3.63, 3.8) is 0 Å². The van der Waals surface area contributed by atoms with Gasteiger partial charge in [-0.15, -0.1) is 23.5 Å². The Hall–Kier alpha value is -4.56. The molecule has 90 heavy (non-hydrogen) atoms. The second kappa shape index (κ2) is 31.1. The van der Waals surface area contributed by atoms with Gasteiger partial charge in [0.05, 0.1) is 44.3 Å². The lowest BCUT2D eigenvalue weighted by molar-refractivity contribution is -0.213. The highest BCUT2D eigenvalue weighted by molar-refractivity contribution is 8.00. The Kier molecular flexibility index (Phi) is 24.7. The molecule has 2 N–H and O–H groups in total. The summed E-state index contributed by atoms with van der Waals surface area (Å²) in [7, 11) is 0. The SMILES string of the molecule is [C-]#[N+]C(C)(CCC(=O)OCCOC(C)OCCOC(C)OCCOC(=O)CCC(C)(C#N)CC(CC(C)(SC)C(=O)OC1(CC)C2CC3CC(C2)CC1C3)c1ccc(O)cc1)CC(CC(C)(SC)C(=O)OC1(CC)C2CC3CC(C2)CC1C3)c1ccc(O)cc1. The van der Waals surface area contributed by atoms with Crippen molar-refractivity contribution in [3.8, 4) is 17.6 Å². The molecular weight excluding hydrogens is 1180 g/mol. The number of phenols is 2. The first-order chi connectivity index (χ1) is 42.9. The first-order valence-electron chi connectivity index (χ1n) is 33.6. The van der Waals surface area contributed by atoms with Gasteiger partial charge in [-0.05, 0) is 244 Å². The number of nitriles is 1. The molecule has 498 valence electrons. The van der Waals surface area contributed by atoms with E-state index < -0.39 is 56.2 Å². The van der Waals surface area contributed by atoms with Gasteiger partial charge in [0, 0.05) is 26.2 Å². The molecule has 0 amide bonds. The molecule has 0 aromatic heterocycles. The number of phenolic OH excluding ortho intramolecular Hbond substituents is 2. The fourth-order valence-corrected chi connectivity index (χ4v) is 18.5. The molecule has 16 nitrogen and oxygen atoms in total. The van der Waals surface area contributed by atoms with E-state index in [2.05, 4.69) is 24.8 Å². The monoisotopic (exact) mass is 1280 g/mol. The Bertz CT molecular complexity index is 2560. The number of rotatable bonds is 37. The Morgan fingerprint density at radius 2 is 0.911 bits per heavy atom. The van der Waals surface area contributed by atoms with Gasteiger partial charge in [-0.2, -0.15) is 5.26 Å². The van der Waals surface area contributed by atoms with Crippen LogP contribution in [0.25, 0.3) is 4.85 Å². The number of carbonyl (C=O) groups is 4. The van der Waals surface area contributed by atoms with Gasteiger partial charge in [0.25, 0.3) is 0 Å². The maximum absolute atomic E-state index is 14.5. The molecule has 0 heterocycles. The van der Waals surface area contributed by atoms with Crippen LogP contribution in [0, 0.1) is 70.7 Å². The van der Waals surface area contributed by atoms with Crippen LogP contribution in [0.3, 0.4) is 0 Å². The van der Waals surface area contributed by atoms with Crippen LogP contribution in [0.4, 0.5) is 0 Å². The summed E-state index contributed by atoms with van der Waals surface area (Å²) < 4.78 is 45.8. The number of carbonyl (C=O) groups excluding carboxylic acids is 4. The minimum Gasteiger partial charge on any atom is -0.508 e. The second-order valence-corrected chi connectivity index (χ2v) is 31.2. The second-order valence-electron chi connectivity index (χ2n) is 28.6. The molecule has 8 aliphatic rings. The van der Waals surface area contributed by atoms with Gasteiger partial charge in [0.15, 0.2) is 12.6 Å². The molecule has 8 fully saturated rings. The van der Waals surface area contributed by atoms with E-state index in [4.69, 9.17) is 44.5 Å². The zero-order valence-corrected chi connectivity index (χ0v) is 57.1. The molecule has 8 bridgehead atoms. The molecule has 0 radical (unpaired) electrons. The van der Waals surface area contributed by atoms with Crippen LogP contribution in [0.1, 0.15) is 207 Å². The molecule has 0 aliphatic heterocycles. The number of esters is 4. The molecule has 10 rings (SSSR count). The molecule has 18 heteroatoms. The van der Waals surface area contributed by atoms with Gasteiger partial charge in [-0.1, -0.05) is 38.1 Å². The number of hydrogen-bond acceptors (Lipinski definition) is 17. The third-order valence-corrected chi connectivity index (χ3v) is 24.8. The number of nitrogens with zero attached hydrogens (tertiary/aromatic N) is 2. The Balaban J connectivity index is 0.704. The maximum atomic E-state index is 14.5. The van der Waals surface area contributed by atoms with E-state index in [0.29, 0.717) is 49.4 Å². The zero-order chi connectivity index (χ0) is 65.1. The normalized spacial score (nSPS) is 29.4. The van der Waals surface area contributed by atoms with E-state index >= 15 is 0 Å². The van der Waals surface area contributed by atoms with Gasteiger partial charge < -0.3 is 53.0 Å². The van der Waals surface area contributed by atoms with Gasteiger partial charge in [0.2, 0.25) is 5.54 Å². The van der Waals surface area contributed by atoms with Crippen molar-refractivity contribution in [3.05, 3.63) is 71.1 Å². The lowest BCUT2D eigenvalue weighted by Gasteiger charge is -2.60. The van der Waals surface area contributed by atoms with Crippen molar-refractivity contribution in [2.24, 2.45) is 52.8 Å². The average Bonchev–Trinajstić information content (AvgIpc) is 0.746. The van der Waals surface area contributed by atoms with Crippen molar-refractivity contribution < 1.29 is 67.3 Å². The molecular formula is C72H104N2O14S2. The average molecular weight is 1290 g/mol. The van der Waals surface area contributed by atoms with Crippen molar-refractivity contribution in [2.75, 3.05) is 52.2 Å². The summed E-state index contributed by atoms with van der Waals surface area (Å²) in [6.45, 7) is 24.3. The maximum Gasteiger partial charge on any atom is 0.322 e. The molecule has 8 aliphatic carbocycles. The lowest BCUT2D eigenvalue weighted by Crippen LogP contribution is -2.60. The minimum absolute atomic E-state index is 0.00310. The summed E-state index contributed by atoms with van der Waals surface area (Å²) in [6, 6.07) is 16.4. The fraction of sp³-hybridized carbons (Fsp3) is 0.750. The summed E-state index contributed by atoms with van der Waals surface area (Å²) in [5.74, 6) is 3.06. The summed E-state index contributed by atoms with van der Waals surface area (Å²) >= 11 is 2.97. The predicted octanol–water partition coefficient (Wildman–Crippen LogP) is 14.7. The molecule has 8 atom stereocenters. The smallest absolute Gasteiger partial charge is 0.322 e. The Morgan fingerprint density at radius 3 is 1.24 bits per heavy atom. The summed E-state index contributed by atoms with van der Waals surface area (Å²) in [6.07, 6.45) is 18.1. The van der Waals surface area contributed by atoms with E-state index in [1.807, 2.05) is 64.5 Å². The van der Waals surface area contributed by atoms with Crippen LogP contribution in [-0.4, -0.2) is 125 Å². The molecule has 8 saturated carbocycles. The van der Waals surface area contributed by atoms with E-state index in [1.54, 1.807) is 38.1 Å². The number of aromatic hydroxyl groups is 2. The van der Waals surface area contributed by atoms with E-state index in [9.17, 15) is 34.7 Å². The van der Waals surface area contributed by atoms with Crippen molar-refractivity contribution in [1.82, 2.24) is 0 Å². The summed E-state index contributed by atoms with van der Waals surface area (Å²) in [4.78, 5) is 59.3. The van der Waals surface area contributed by atoms with Gasteiger partial charge >= 0.3 is 23.9 Å². The van der Waals surface area contributed by atoms with E-state index in [1.165, 1.54) is 36.4 Å². The zero-order valence-electron chi connectivity index (χ0n) is 55.4. The first kappa shape index (κ1) is 71.3. The highest BCUT2D eigenvalue weighted by atomic mass is 32.2. The van der Waals surface area contributed by atoms with Gasteiger partial charge in [-0.3, -0.25) is 19.2 Å². The van der Waals surface area contributed by atoms with Gasteiger partial charge in [0.1, 0.15) is 45.4 Å². The summed E-state index contributed by atoms with van der Waals surface area (Å²) in [5, 5.41) is 31.0. The molecule has 2 aromatic rings. The highest BCUT2D eigenvalue weighted by Gasteiger charge is 2.61. The predicted molar refractivity (Wildman–Crippen MR) is 348 cm³/mol. The van der Waals surface area contributed by atoms with Crippen LogP contribution < -0.4 is 0 Å². The van der Waals surface area contributed by atoms with E-state index in [-0.39, 0.29) is 101 Å². The standard InChI is InChI=1S/C72H104N2O14S2/c1-12-71(57-34-49-32-50(36-57)37-58(71)35-49)87-65(79)69(7,89-10)44-55(53-14-18-61(75)19-15-53)42-67(5,46-73)24-22-63(77)85-30-28-83-47(3)81-26-27-82-48(4)84-29-31-86-64(78)23-25-68(6,74-9)43-56(54-16-20-62(76)21-17-54)45-70(8,90-11)66(80)88-72(13-2)59-38-51-33-52(40-59)41-60(72)39-51/h14-21,47-52,55-60,75-76H,12-13,22-45H2,1-8,10-11H3. The Labute approximate surface area is 545 Å². The van der Waals surface area contributed by atoms with Crippen LogP contribution in [0.5, 0.6) is 11.5 Å². The van der Waals surface area contributed by atoms with Crippen LogP contribution in [0.15, 0.2) is 48.5 Å². The largest absolute Gasteiger partial charge is 0.508 e. The molecule has 0 saturated heterocycles. The van der Waals surface area contributed by atoms with Gasteiger partial charge in [-0.25, -0.2) is 6.57 Å². The van der Waals surface area contributed by atoms with Crippen LogP contribution in [-0.2, 0) is 57.1 Å². The number of thioether (sulfide) groups is 2. The molecule has 0 spiro atoms. The van der Waals surface area contributed by atoms with Crippen LogP contribution >= 0.6 is 23.5 Å². The topological polar surface area (TPSA) is 211 Å². The number of benzene rings is 2. The van der Waals surface area contributed by atoms with Crippen molar-refractivity contribution in [1.29, 1.82) is 5.26 Å². The van der Waals surface area contributed by atoms with E-state index in [0.717, 1.165) is 99.0 Å². The minimum atomic E-state index is -0.954. The quantitative estimate of drug-likeness (QED) is 0.0212. The first-order valence-corrected chi connectivity index (χ1v) is 36.0. The fourth-order valence-electron chi connectivity index (χ4n) is 17.3. The summed E-state index contributed by atoms with van der Waals surface area (Å²) in [5.41, 5.74) is -0.952. The number of ether oxygens (including phenoxy) is 8. The van der Waals surface area contributed by atoms with Crippen LogP contribution in [0.2, 0.25) is 0 Å². The van der Waals surface area contributed by atoms with Crippen molar-refractivity contribution >= 4 is 47.4 Å². The number of hydrogen-bond donors (Lipinski definition) is 2. The Morgan fingerprint density at radius 1 is 0.567 bits per heavy atom. The molecule has 8 unspecified atom stereocenters.